The lowest BCUT2D eigenvalue weighted by molar-refractivity contribution is 0.630. The van der Waals surface area contributed by atoms with Gasteiger partial charge in [-0.05, 0) is 36.4 Å². The summed E-state index contributed by atoms with van der Waals surface area (Å²) in [5.74, 6) is 1.52. The molecule has 0 aliphatic heterocycles. The van der Waals surface area contributed by atoms with Crippen molar-refractivity contribution in [3.63, 3.8) is 0 Å². The van der Waals surface area contributed by atoms with Gasteiger partial charge in [0.25, 0.3) is 0 Å². The maximum Gasteiger partial charge on any atom is 0.137 e. The number of rotatable bonds is 2. The molecule has 0 unspecified atom stereocenters. The van der Waals surface area contributed by atoms with Gasteiger partial charge in [-0.15, -0.1) is 0 Å². The molecule has 120 valence electrons. The van der Waals surface area contributed by atoms with Gasteiger partial charge in [0.2, 0.25) is 0 Å². The Balaban J connectivity index is 1.68. The number of furan rings is 2. The van der Waals surface area contributed by atoms with E-state index in [9.17, 15) is 0 Å². The highest BCUT2D eigenvalue weighted by molar-refractivity contribution is 5.92. The first-order chi connectivity index (χ1) is 12.3. The van der Waals surface area contributed by atoms with Gasteiger partial charge >= 0.3 is 0 Å². The minimum atomic E-state index is 0.653. The Morgan fingerprint density at radius 2 is 1.04 bits per heavy atom. The molecular formula is C22H15NO2. The highest BCUT2D eigenvalue weighted by Crippen LogP contribution is 2.38. The molecule has 2 aromatic heterocycles. The van der Waals surface area contributed by atoms with E-state index in [4.69, 9.17) is 14.6 Å². The number of benzene rings is 3. The van der Waals surface area contributed by atoms with Gasteiger partial charge in [0.1, 0.15) is 22.7 Å². The third kappa shape index (κ3) is 2.21. The standard InChI is InChI=1S/C22H15NO2/c23-22-16(20-12-14-6-1-3-10-18(14)24-20)8-5-9-17(22)21-13-15-7-2-4-11-19(15)25-21/h1-13H,23H2. The molecule has 0 saturated heterocycles. The lowest BCUT2D eigenvalue weighted by Crippen LogP contribution is -1.92. The first-order valence-corrected chi connectivity index (χ1v) is 8.16. The molecule has 5 aromatic rings. The molecule has 0 bridgehead atoms. The van der Waals surface area contributed by atoms with Crippen LogP contribution in [0.5, 0.6) is 0 Å². The second-order valence-corrected chi connectivity index (χ2v) is 6.06. The van der Waals surface area contributed by atoms with Crippen LogP contribution in [0, 0.1) is 0 Å². The fourth-order valence-electron chi connectivity index (χ4n) is 3.22. The minimum absolute atomic E-state index is 0.653. The molecule has 0 radical (unpaired) electrons. The van der Waals surface area contributed by atoms with Crippen LogP contribution in [0.3, 0.4) is 0 Å². The smallest absolute Gasteiger partial charge is 0.137 e. The summed E-state index contributed by atoms with van der Waals surface area (Å²) in [5.41, 5.74) is 10.6. The average molecular weight is 325 g/mol. The predicted molar refractivity (Wildman–Crippen MR) is 101 cm³/mol. The molecule has 0 atom stereocenters. The monoisotopic (exact) mass is 325 g/mol. The van der Waals surface area contributed by atoms with E-state index in [1.165, 1.54) is 0 Å². The van der Waals surface area contributed by atoms with E-state index in [1.807, 2.05) is 78.9 Å². The van der Waals surface area contributed by atoms with Crippen LogP contribution in [-0.2, 0) is 0 Å². The van der Waals surface area contributed by atoms with Gasteiger partial charge in [0.05, 0.1) is 5.69 Å². The quantitative estimate of drug-likeness (QED) is 0.399. The number of hydrogen-bond acceptors (Lipinski definition) is 3. The van der Waals surface area contributed by atoms with Crippen LogP contribution in [0.25, 0.3) is 44.6 Å². The molecule has 0 aliphatic carbocycles. The fraction of sp³-hybridized carbons (Fsp3) is 0. The van der Waals surface area contributed by atoms with Crippen LogP contribution >= 0.6 is 0 Å². The Morgan fingerprint density at radius 3 is 1.52 bits per heavy atom. The molecular weight excluding hydrogens is 310 g/mol. The zero-order chi connectivity index (χ0) is 16.8. The zero-order valence-electron chi connectivity index (χ0n) is 13.4. The molecule has 0 spiro atoms. The Bertz CT molecular complexity index is 1050. The van der Waals surface area contributed by atoms with Crippen molar-refractivity contribution < 1.29 is 8.83 Å². The first kappa shape index (κ1) is 13.9. The number of para-hydroxylation sites is 3. The maximum atomic E-state index is 6.47. The van der Waals surface area contributed by atoms with Gasteiger partial charge in [0, 0.05) is 21.9 Å². The van der Waals surface area contributed by atoms with Gasteiger partial charge in [-0.3, -0.25) is 0 Å². The van der Waals surface area contributed by atoms with Crippen molar-refractivity contribution in [1.29, 1.82) is 0 Å². The van der Waals surface area contributed by atoms with Gasteiger partial charge < -0.3 is 14.6 Å². The number of hydrogen-bond donors (Lipinski definition) is 1. The molecule has 0 fully saturated rings. The van der Waals surface area contributed by atoms with Crippen LogP contribution in [0.2, 0.25) is 0 Å². The number of nitrogen functional groups attached to an aromatic ring is 1. The summed E-state index contributed by atoms with van der Waals surface area (Å²) in [5, 5.41) is 2.12. The molecule has 0 saturated carbocycles. The van der Waals surface area contributed by atoms with Crippen molar-refractivity contribution >= 4 is 27.6 Å². The van der Waals surface area contributed by atoms with Crippen molar-refractivity contribution in [2.45, 2.75) is 0 Å². The predicted octanol–water partition coefficient (Wildman–Crippen LogP) is 6.10. The summed E-state index contributed by atoms with van der Waals surface area (Å²) in [7, 11) is 0. The summed E-state index contributed by atoms with van der Waals surface area (Å²) in [6.45, 7) is 0. The Hall–Kier alpha value is -3.46. The summed E-state index contributed by atoms with van der Waals surface area (Å²) < 4.78 is 11.9. The van der Waals surface area contributed by atoms with Crippen molar-refractivity contribution in [2.24, 2.45) is 0 Å². The number of nitrogens with two attached hydrogens (primary N) is 1. The lowest BCUT2D eigenvalue weighted by atomic mass is 10.0. The SMILES string of the molecule is Nc1c(-c2cc3ccccc3o2)cccc1-c1cc2ccccc2o1. The lowest BCUT2D eigenvalue weighted by Gasteiger charge is -2.07. The average Bonchev–Trinajstić information content (AvgIpc) is 3.25. The van der Waals surface area contributed by atoms with Gasteiger partial charge in [-0.1, -0.05) is 42.5 Å². The molecule has 2 N–H and O–H groups in total. The molecule has 5 rings (SSSR count). The Morgan fingerprint density at radius 1 is 0.560 bits per heavy atom. The van der Waals surface area contributed by atoms with Crippen LogP contribution in [0.4, 0.5) is 5.69 Å². The third-order valence-electron chi connectivity index (χ3n) is 4.49. The molecule has 2 heterocycles. The molecule has 0 aliphatic rings. The van der Waals surface area contributed by atoms with Crippen molar-refractivity contribution in [3.8, 4) is 22.6 Å². The molecule has 25 heavy (non-hydrogen) atoms. The number of anilines is 1. The highest BCUT2D eigenvalue weighted by Gasteiger charge is 2.15. The van der Waals surface area contributed by atoms with E-state index in [0.717, 1.165) is 44.6 Å². The van der Waals surface area contributed by atoms with Gasteiger partial charge in [0.15, 0.2) is 0 Å². The largest absolute Gasteiger partial charge is 0.456 e. The second kappa shape index (κ2) is 5.28. The molecule has 3 nitrogen and oxygen atoms in total. The van der Waals surface area contributed by atoms with E-state index < -0.39 is 0 Å². The maximum absolute atomic E-state index is 6.47. The normalized spacial score (nSPS) is 11.4. The topological polar surface area (TPSA) is 52.3 Å². The Labute approximate surface area is 144 Å². The molecule has 3 heteroatoms. The van der Waals surface area contributed by atoms with Crippen molar-refractivity contribution in [3.05, 3.63) is 78.9 Å². The molecule has 0 amide bonds. The number of fused-ring (bicyclic) bond motifs is 2. The zero-order valence-corrected chi connectivity index (χ0v) is 13.4. The van der Waals surface area contributed by atoms with Crippen molar-refractivity contribution in [2.75, 3.05) is 5.73 Å². The van der Waals surface area contributed by atoms with Gasteiger partial charge in [-0.2, -0.15) is 0 Å². The first-order valence-electron chi connectivity index (χ1n) is 8.16. The second-order valence-electron chi connectivity index (χ2n) is 6.06. The van der Waals surface area contributed by atoms with Crippen LogP contribution < -0.4 is 5.73 Å². The van der Waals surface area contributed by atoms with Crippen molar-refractivity contribution in [1.82, 2.24) is 0 Å². The highest BCUT2D eigenvalue weighted by atomic mass is 16.3. The molecule has 3 aromatic carbocycles. The third-order valence-corrected chi connectivity index (χ3v) is 4.49. The minimum Gasteiger partial charge on any atom is -0.456 e. The van der Waals surface area contributed by atoms with Gasteiger partial charge in [-0.25, -0.2) is 0 Å². The Kier molecular flexibility index (Phi) is 2.94. The summed E-state index contributed by atoms with van der Waals surface area (Å²) in [4.78, 5) is 0. The summed E-state index contributed by atoms with van der Waals surface area (Å²) in [6, 6.07) is 25.8. The van der Waals surface area contributed by atoms with E-state index in [2.05, 4.69) is 0 Å². The van der Waals surface area contributed by atoms with E-state index in [0.29, 0.717) is 5.69 Å². The van der Waals surface area contributed by atoms with Crippen LogP contribution in [0.1, 0.15) is 0 Å². The summed E-state index contributed by atoms with van der Waals surface area (Å²) in [6.07, 6.45) is 0. The van der Waals surface area contributed by atoms with Crippen LogP contribution in [0.15, 0.2) is 87.7 Å². The van der Waals surface area contributed by atoms with Crippen LogP contribution in [-0.4, -0.2) is 0 Å². The van der Waals surface area contributed by atoms with E-state index >= 15 is 0 Å². The fourth-order valence-corrected chi connectivity index (χ4v) is 3.22. The summed E-state index contributed by atoms with van der Waals surface area (Å²) >= 11 is 0. The van der Waals surface area contributed by atoms with E-state index in [1.54, 1.807) is 0 Å². The van der Waals surface area contributed by atoms with E-state index in [-0.39, 0.29) is 0 Å².